The number of methoxy groups -OCH3 is 3. The zero-order valence-corrected chi connectivity index (χ0v) is 73.2. The summed E-state index contributed by atoms with van der Waals surface area (Å²) in [6.45, 7) is 24.4. The molecular weight excluding hydrogens is 1710 g/mol. The van der Waals surface area contributed by atoms with Crippen LogP contribution < -0.4 is 56.7 Å². The van der Waals surface area contributed by atoms with E-state index in [2.05, 4.69) is 80.2 Å². The Morgan fingerprint density at radius 1 is 0.547 bits per heavy atom. The van der Waals surface area contributed by atoms with Gasteiger partial charge in [0, 0.05) is 119 Å². The number of H-pyrrole nitrogens is 3. The highest BCUT2D eigenvalue weighted by Crippen LogP contribution is 2.49. The molecule has 0 spiro atoms. The zero-order chi connectivity index (χ0) is 93.0. The standard InChI is InChI=1S/C30H35F3N8O3.C28H29ClF3N7O3.C28H33F3N8O3/c1-15-13-36-21(17(3)24(15)44-5)14-41-26-23(25(30(31,32)33)38-29(34)39-26)19(28(41)43)12-20-16(2)22(18(4)37-20)27(42)35-8-11-40-9-6-7-10-40;1-14-10-35-20(15(2)23(14)42-3)12-39-25-22(24(29)36-27(33)37-25)19(26(39)41)9-18-8-16(11-34-18)21(40)13-38-6-4-17(5-7-38)28(30,31)32;1-6-38(7-2)9-8-33-25(40)17-10-18(34-13-17)11-19-21-23(28(29,30)31)36-27(32)37-24(21)39(26(19)41)14-20-16(4)22(42-5)15(3)12-35-20/h12-13,37H,6-11,14H2,1-5H3,(H,35,42)(H2,34,38,39);8-11,17,34H,4-7,12-13H2,1-3H3,(H2,33,36,37);10-13,34H,6-9,14H2,1-5H3,(H,33,40)(H2,32,36,37)/b19-12-;19-9-;19-11-. The number of ketones is 1. The van der Waals surface area contributed by atoms with E-state index in [1.54, 1.807) is 77.4 Å². The van der Waals surface area contributed by atoms with Crippen LogP contribution in [0.2, 0.25) is 5.15 Å². The lowest BCUT2D eigenvalue weighted by Gasteiger charge is -2.32. The lowest BCUT2D eigenvalue weighted by Crippen LogP contribution is -2.41. The monoisotopic (exact) mass is 1800 g/mol. The first-order valence-electron chi connectivity index (χ1n) is 40.9. The van der Waals surface area contributed by atoms with Crippen LogP contribution in [0.1, 0.15) is 177 Å². The van der Waals surface area contributed by atoms with E-state index in [0.29, 0.717) is 104 Å². The third-order valence-corrected chi connectivity index (χ3v) is 23.2. The molecule has 2 fully saturated rings. The number of ether oxygens (including phenoxy) is 3. The van der Waals surface area contributed by atoms with Crippen molar-refractivity contribution in [3.63, 3.8) is 0 Å². The maximum absolute atomic E-state index is 14.3. The molecule has 5 amide bonds. The summed E-state index contributed by atoms with van der Waals surface area (Å²) in [5.74, 6) is -4.06. The van der Waals surface area contributed by atoms with Gasteiger partial charge in [-0.25, -0.2) is 15.0 Å². The van der Waals surface area contributed by atoms with E-state index in [4.69, 9.17) is 43.0 Å². The summed E-state index contributed by atoms with van der Waals surface area (Å²) in [5, 5.41) is 5.75. The van der Waals surface area contributed by atoms with Gasteiger partial charge < -0.3 is 66.8 Å². The normalized spacial score (nSPS) is 15.9. The Bertz CT molecular complexity index is 5880. The van der Waals surface area contributed by atoms with E-state index in [-0.39, 0.29) is 126 Å². The third-order valence-electron chi connectivity index (χ3n) is 22.9. The molecule has 0 atom stereocenters. The number of likely N-dealkylation sites (tertiary alicyclic amines) is 2. The highest BCUT2D eigenvalue weighted by molar-refractivity contribution is 6.41. The Balaban J connectivity index is 0.000000174. The van der Waals surface area contributed by atoms with Crippen LogP contribution in [0.15, 0.2) is 43.1 Å². The number of nitrogens with one attached hydrogen (secondary N) is 5. The molecule has 9 aromatic rings. The largest absolute Gasteiger partial charge is 0.496 e. The molecule has 128 heavy (non-hydrogen) atoms. The minimum Gasteiger partial charge on any atom is -0.496 e. The van der Waals surface area contributed by atoms with E-state index in [1.165, 1.54) is 49.7 Å². The number of carbonyl (C=O) groups is 6. The van der Waals surface area contributed by atoms with E-state index < -0.39 is 76.6 Å². The van der Waals surface area contributed by atoms with Gasteiger partial charge in [-0.15, -0.1) is 0 Å². The summed E-state index contributed by atoms with van der Waals surface area (Å²) in [5.41, 5.74) is 22.3. The van der Waals surface area contributed by atoms with Crippen LogP contribution in [0.4, 0.5) is 74.8 Å². The first-order chi connectivity index (χ1) is 60.6. The van der Waals surface area contributed by atoms with Gasteiger partial charge in [0.2, 0.25) is 17.8 Å². The Morgan fingerprint density at radius 3 is 1.40 bits per heavy atom. The number of Topliss-reactive ketones (excluding diaryl/α,β-unsaturated/α-hetero) is 1. The second-order valence-electron chi connectivity index (χ2n) is 31.3. The van der Waals surface area contributed by atoms with Crippen molar-refractivity contribution in [2.45, 2.75) is 133 Å². The van der Waals surface area contributed by atoms with E-state index in [0.717, 1.165) is 77.6 Å². The molecule has 14 heterocycles. The number of aromatic nitrogens is 12. The van der Waals surface area contributed by atoms with Crippen LogP contribution in [-0.4, -0.2) is 209 Å². The van der Waals surface area contributed by atoms with E-state index in [1.807, 2.05) is 34.6 Å². The second kappa shape index (κ2) is 38.7. The van der Waals surface area contributed by atoms with Crippen LogP contribution in [0.25, 0.3) is 34.9 Å². The molecule has 5 aliphatic rings. The zero-order valence-electron chi connectivity index (χ0n) is 72.5. The summed E-state index contributed by atoms with van der Waals surface area (Å²) >= 11 is 6.45. The number of hydrogen-bond donors (Lipinski definition) is 8. The number of nitrogen functional groups attached to an aromatic ring is 3. The number of rotatable bonds is 25. The van der Waals surface area contributed by atoms with Crippen molar-refractivity contribution in [3.05, 3.63) is 172 Å². The molecule has 0 saturated carbocycles. The van der Waals surface area contributed by atoms with Gasteiger partial charge >= 0.3 is 18.5 Å². The van der Waals surface area contributed by atoms with Gasteiger partial charge in [-0.1, -0.05) is 25.4 Å². The number of anilines is 6. The van der Waals surface area contributed by atoms with Gasteiger partial charge in [0.25, 0.3) is 29.5 Å². The number of nitrogens with zero attached hydrogens (tertiary/aromatic N) is 15. The number of hydrogen-bond acceptors (Lipinski definition) is 24. The number of pyridine rings is 3. The van der Waals surface area contributed by atoms with Crippen molar-refractivity contribution in [1.29, 1.82) is 0 Å². The Labute approximate surface area is 734 Å². The minimum absolute atomic E-state index is 0.000702. The van der Waals surface area contributed by atoms with Crippen molar-refractivity contribution in [2.24, 2.45) is 5.92 Å². The predicted molar refractivity (Wildman–Crippen MR) is 462 cm³/mol. The maximum atomic E-state index is 14.3. The lowest BCUT2D eigenvalue weighted by molar-refractivity contribution is -0.184. The van der Waals surface area contributed by atoms with Crippen molar-refractivity contribution < 1.29 is 82.5 Å². The van der Waals surface area contributed by atoms with Gasteiger partial charge in [-0.05, 0) is 156 Å². The van der Waals surface area contributed by atoms with E-state index in [9.17, 15) is 68.3 Å². The molecule has 0 aliphatic carbocycles. The molecule has 5 aliphatic heterocycles. The van der Waals surface area contributed by atoms with Gasteiger partial charge in [-0.3, -0.25) is 63.3 Å². The topological polar surface area (TPSA) is 415 Å². The highest BCUT2D eigenvalue weighted by atomic mass is 35.5. The number of likely N-dealkylation sites (N-methyl/N-ethyl adjacent to an activating group) is 1. The molecule has 32 nitrogen and oxygen atoms in total. The molecule has 42 heteroatoms. The fourth-order valence-electron chi connectivity index (χ4n) is 16.2. The van der Waals surface area contributed by atoms with Crippen LogP contribution >= 0.6 is 11.6 Å². The lowest BCUT2D eigenvalue weighted by atomic mass is 9.96. The summed E-state index contributed by atoms with van der Waals surface area (Å²) in [4.78, 5) is 135. The second-order valence-corrected chi connectivity index (χ2v) is 31.6. The highest BCUT2D eigenvalue weighted by Gasteiger charge is 2.49. The van der Waals surface area contributed by atoms with Gasteiger partial charge in [0.1, 0.15) is 34.0 Å². The van der Waals surface area contributed by atoms with Crippen molar-refractivity contribution in [2.75, 3.05) is 125 Å². The molecule has 11 N–H and O–H groups in total. The quantitative estimate of drug-likeness (QED) is 0.0114. The Kier molecular flexibility index (Phi) is 28.5. The smallest absolute Gasteiger partial charge is 0.434 e. The number of fused-ring (bicyclic) bond motifs is 3. The molecule has 0 aromatic carbocycles. The SMILES string of the molecule is CCN(CC)CCNC(=O)c1c[nH]c(/C=C2\C(=O)N(Cc3ncc(C)c(OC)c3C)c3nc(N)nc(C(F)(F)F)c32)c1.COc1c(C)cnc(CN2C(=O)/C(=C\c3[nH]c(C)c(C(=O)NCCN4CCCC4)c3C)c3c2nc(N)nc3C(F)(F)F)c1C.COc1c(C)cnc(CN2C(=O)/C(=C\c3cc(C(=O)CN4CCC(C(F)(F)F)CC4)c[nH]3)c3c(Cl)nc(N)nc32)c1C. The van der Waals surface area contributed by atoms with Crippen LogP contribution in [0.3, 0.4) is 0 Å². The number of carbonyl (C=O) groups excluding carboxylic acids is 6. The fraction of sp³-hybridized carbons (Fsp3) is 0.407. The number of nitrogens with two attached hydrogens (primary N) is 3. The van der Waals surface area contributed by atoms with Gasteiger partial charge in [0.15, 0.2) is 23.0 Å². The van der Waals surface area contributed by atoms with Crippen LogP contribution in [-0.2, 0) is 46.4 Å². The predicted octanol–water partition coefficient (Wildman–Crippen LogP) is 12.1. The number of alkyl halides is 9. The molecule has 0 unspecified atom stereocenters. The fourth-order valence-corrected chi connectivity index (χ4v) is 16.5. The minimum atomic E-state index is -4.93. The molecule has 0 bridgehead atoms. The molecular formula is C86H97ClF9N23O9. The van der Waals surface area contributed by atoms with Crippen molar-refractivity contribution >= 4 is 117 Å². The summed E-state index contributed by atoms with van der Waals surface area (Å²) in [6.07, 6.45) is -0.0215. The molecule has 0 radical (unpaired) electrons. The number of halogens is 10. The maximum Gasteiger partial charge on any atom is 0.434 e. The molecule has 680 valence electrons. The summed E-state index contributed by atoms with van der Waals surface area (Å²) in [6, 6.07) is 3.04. The average Bonchev–Trinajstić information content (AvgIpc) is 1.58. The number of aryl methyl sites for hydroxylation is 4. The van der Waals surface area contributed by atoms with Gasteiger partial charge in [-0.2, -0.15) is 54.5 Å². The first kappa shape index (κ1) is 94.2. The molecule has 9 aromatic heterocycles. The Hall–Kier alpha value is -12.9. The van der Waals surface area contributed by atoms with E-state index >= 15 is 0 Å². The summed E-state index contributed by atoms with van der Waals surface area (Å²) in [7, 11) is 4.56. The van der Waals surface area contributed by atoms with Crippen molar-refractivity contribution in [3.8, 4) is 17.2 Å². The number of amides is 5. The van der Waals surface area contributed by atoms with Crippen LogP contribution in [0.5, 0.6) is 17.2 Å². The first-order valence-corrected chi connectivity index (χ1v) is 41.3. The van der Waals surface area contributed by atoms with Crippen LogP contribution in [0, 0.1) is 61.3 Å². The number of piperidine rings is 1. The number of aromatic amines is 3. The third kappa shape index (κ3) is 20.2. The average molecular weight is 1800 g/mol. The Morgan fingerprint density at radius 2 is 0.961 bits per heavy atom. The summed E-state index contributed by atoms with van der Waals surface area (Å²) < 4.78 is 141. The molecule has 14 rings (SSSR count). The van der Waals surface area contributed by atoms with Gasteiger partial charge in [0.05, 0.1) is 115 Å². The molecule has 2 saturated heterocycles. The van der Waals surface area contributed by atoms with Crippen molar-refractivity contribution in [1.82, 2.24) is 85.1 Å².